The van der Waals surface area contributed by atoms with E-state index in [1.807, 2.05) is 11.0 Å². The molecule has 0 spiro atoms. The normalized spacial score (nSPS) is 20.4. The summed E-state index contributed by atoms with van der Waals surface area (Å²) < 4.78 is 57.0. The summed E-state index contributed by atoms with van der Waals surface area (Å²) in [6.45, 7) is -0.0699. The average molecular weight is 655 g/mol. The highest BCUT2D eigenvalue weighted by molar-refractivity contribution is 6.31. The van der Waals surface area contributed by atoms with Crippen molar-refractivity contribution in [1.82, 2.24) is 15.2 Å². The van der Waals surface area contributed by atoms with Gasteiger partial charge in [-0.1, -0.05) is 29.8 Å². The third-order valence-electron chi connectivity index (χ3n) is 8.30. The van der Waals surface area contributed by atoms with E-state index in [2.05, 4.69) is 10.3 Å². The van der Waals surface area contributed by atoms with Crippen LogP contribution in [0, 0.1) is 23.0 Å². The van der Waals surface area contributed by atoms with Crippen LogP contribution in [0.5, 0.6) is 0 Å². The topological polar surface area (TPSA) is 110 Å². The zero-order valence-electron chi connectivity index (χ0n) is 24.2. The van der Waals surface area contributed by atoms with E-state index in [4.69, 9.17) is 11.6 Å². The van der Waals surface area contributed by atoms with Crippen LogP contribution in [-0.4, -0.2) is 64.7 Å². The van der Waals surface area contributed by atoms with Crippen molar-refractivity contribution in [2.45, 2.75) is 55.8 Å². The second kappa shape index (κ2) is 12.3. The lowest BCUT2D eigenvalue weighted by Gasteiger charge is -2.43. The molecule has 3 aliphatic rings. The summed E-state index contributed by atoms with van der Waals surface area (Å²) in [4.78, 5) is 50.7. The minimum Gasteiger partial charge on any atom is -0.351 e. The van der Waals surface area contributed by atoms with Crippen LogP contribution in [0.3, 0.4) is 0 Å². The minimum atomic E-state index is -2.97. The SMILES string of the molecule is N#Cc1ccnc(N2C(=O)CN(C3CC3)C[C@H]2C(=O)N(c2cc(F)cc(F)c2)C(C(=O)NC2CC(F)(F)C2)c2ccccc2Cl)c1. The largest absolute Gasteiger partial charge is 0.351 e. The Morgan fingerprint density at radius 3 is 2.41 bits per heavy atom. The van der Waals surface area contributed by atoms with Crippen LogP contribution in [0.1, 0.15) is 42.9 Å². The second-order valence-corrected chi connectivity index (χ2v) is 12.1. The predicted molar refractivity (Wildman–Crippen MR) is 159 cm³/mol. The van der Waals surface area contributed by atoms with Gasteiger partial charge in [-0.05, 0) is 43.2 Å². The maximum atomic E-state index is 14.9. The zero-order chi connectivity index (χ0) is 32.7. The highest BCUT2D eigenvalue weighted by atomic mass is 35.5. The van der Waals surface area contributed by atoms with E-state index >= 15 is 0 Å². The first-order chi connectivity index (χ1) is 21.9. The predicted octanol–water partition coefficient (Wildman–Crippen LogP) is 4.75. The molecular formula is C32H27ClF4N6O3. The van der Waals surface area contributed by atoms with E-state index in [1.54, 1.807) is 6.07 Å². The molecule has 0 bridgehead atoms. The molecule has 0 radical (unpaired) electrons. The molecule has 14 heteroatoms. The molecule has 2 aromatic carbocycles. The maximum Gasteiger partial charge on any atom is 0.252 e. The first kappa shape index (κ1) is 31.4. The van der Waals surface area contributed by atoms with Gasteiger partial charge in [0.15, 0.2) is 0 Å². The maximum absolute atomic E-state index is 14.9. The summed E-state index contributed by atoms with van der Waals surface area (Å²) in [7, 11) is 0. The van der Waals surface area contributed by atoms with Crippen molar-refractivity contribution in [3.63, 3.8) is 0 Å². The number of carbonyl (C=O) groups excluding carboxylic acids is 3. The number of halogens is 5. The Morgan fingerprint density at radius 2 is 1.78 bits per heavy atom. The molecule has 2 saturated carbocycles. The van der Waals surface area contributed by atoms with Gasteiger partial charge in [-0.3, -0.25) is 29.1 Å². The molecule has 2 heterocycles. The van der Waals surface area contributed by atoms with Crippen LogP contribution in [0.2, 0.25) is 5.02 Å². The molecule has 2 atom stereocenters. The van der Waals surface area contributed by atoms with E-state index in [1.165, 1.54) is 36.5 Å². The van der Waals surface area contributed by atoms with E-state index in [0.29, 0.717) is 6.07 Å². The van der Waals surface area contributed by atoms with Crippen LogP contribution in [0.15, 0.2) is 60.8 Å². The Morgan fingerprint density at radius 1 is 1.09 bits per heavy atom. The molecule has 1 unspecified atom stereocenters. The van der Waals surface area contributed by atoms with Gasteiger partial charge in [-0.15, -0.1) is 0 Å². The fourth-order valence-corrected chi connectivity index (χ4v) is 6.22. The van der Waals surface area contributed by atoms with Crippen LogP contribution < -0.4 is 15.1 Å². The van der Waals surface area contributed by atoms with Gasteiger partial charge in [0.1, 0.15) is 29.5 Å². The number of nitrogens with zero attached hydrogens (tertiary/aromatic N) is 5. The van der Waals surface area contributed by atoms with Gasteiger partial charge in [0.05, 0.1) is 23.9 Å². The summed E-state index contributed by atoms with van der Waals surface area (Å²) in [5, 5.41) is 12.1. The van der Waals surface area contributed by atoms with Crippen molar-refractivity contribution < 1.29 is 31.9 Å². The number of rotatable bonds is 8. The van der Waals surface area contributed by atoms with Crippen molar-refractivity contribution in [1.29, 1.82) is 5.26 Å². The van der Waals surface area contributed by atoms with Crippen LogP contribution in [0.4, 0.5) is 29.1 Å². The molecule has 3 fully saturated rings. The van der Waals surface area contributed by atoms with Crippen molar-refractivity contribution in [2.24, 2.45) is 0 Å². The van der Waals surface area contributed by atoms with E-state index in [-0.39, 0.29) is 46.8 Å². The van der Waals surface area contributed by atoms with Crippen LogP contribution in [-0.2, 0) is 14.4 Å². The van der Waals surface area contributed by atoms with E-state index in [0.717, 1.165) is 34.8 Å². The number of hydrogen-bond donors (Lipinski definition) is 1. The molecule has 1 N–H and O–H groups in total. The number of nitriles is 1. The third-order valence-corrected chi connectivity index (χ3v) is 8.65. The molecule has 3 aromatic rings. The molecule has 1 aromatic heterocycles. The van der Waals surface area contributed by atoms with E-state index < -0.39 is 66.2 Å². The monoisotopic (exact) mass is 654 g/mol. The molecule has 2 aliphatic carbocycles. The molecule has 3 amide bonds. The number of benzene rings is 2. The number of nitrogens with one attached hydrogen (secondary N) is 1. The average Bonchev–Trinajstić information content (AvgIpc) is 3.84. The number of anilines is 2. The first-order valence-corrected chi connectivity index (χ1v) is 15.0. The van der Waals surface area contributed by atoms with Crippen LogP contribution in [0.25, 0.3) is 0 Å². The van der Waals surface area contributed by atoms with Gasteiger partial charge >= 0.3 is 0 Å². The van der Waals surface area contributed by atoms with Gasteiger partial charge in [0, 0.05) is 54.3 Å². The Hall–Kier alpha value is -4.54. The molecule has 238 valence electrons. The highest BCUT2D eigenvalue weighted by Crippen LogP contribution is 2.40. The standard InChI is InChI=1S/C32H27ClF4N6O3/c33-25-4-2-1-3-24(25)29(30(45)40-21-13-32(36,37)14-21)42(23-11-19(34)10-20(35)12-23)31(46)26-16-41(22-5-6-22)17-28(44)43(26)27-9-18(15-38)7-8-39-27/h1-4,7-12,21-22,26,29H,5-6,13-14,16-17H2,(H,40,45)/t26-,29?/m0/s1. The lowest BCUT2D eigenvalue weighted by molar-refractivity contribution is -0.133. The highest BCUT2D eigenvalue weighted by Gasteiger charge is 2.49. The smallest absolute Gasteiger partial charge is 0.252 e. The number of amides is 3. The van der Waals surface area contributed by atoms with Gasteiger partial charge in [0.2, 0.25) is 11.8 Å². The summed E-state index contributed by atoms with van der Waals surface area (Å²) >= 11 is 6.53. The van der Waals surface area contributed by atoms with Crippen molar-refractivity contribution >= 4 is 40.8 Å². The van der Waals surface area contributed by atoms with Crippen molar-refractivity contribution in [3.05, 3.63) is 88.6 Å². The second-order valence-electron chi connectivity index (χ2n) is 11.7. The summed E-state index contributed by atoms with van der Waals surface area (Å²) in [6, 6.07) is 9.09. The molecule has 9 nitrogen and oxygen atoms in total. The number of hydrogen-bond acceptors (Lipinski definition) is 6. The van der Waals surface area contributed by atoms with Gasteiger partial charge in [0.25, 0.3) is 11.8 Å². The van der Waals surface area contributed by atoms with Gasteiger partial charge in [-0.25, -0.2) is 22.5 Å². The Labute approximate surface area is 266 Å². The third kappa shape index (κ3) is 6.41. The quantitative estimate of drug-likeness (QED) is 0.351. The molecule has 6 rings (SSSR count). The molecule has 46 heavy (non-hydrogen) atoms. The van der Waals surface area contributed by atoms with Crippen molar-refractivity contribution in [3.8, 4) is 6.07 Å². The fourth-order valence-electron chi connectivity index (χ4n) is 5.99. The van der Waals surface area contributed by atoms with Gasteiger partial charge in [-0.2, -0.15) is 5.26 Å². The van der Waals surface area contributed by atoms with E-state index in [9.17, 15) is 37.2 Å². The number of carbonyl (C=O) groups is 3. The summed E-state index contributed by atoms with van der Waals surface area (Å²) in [5.74, 6) is -7.41. The number of pyridine rings is 1. The number of piperazine rings is 1. The van der Waals surface area contributed by atoms with Gasteiger partial charge < -0.3 is 5.32 Å². The lowest BCUT2D eigenvalue weighted by atomic mass is 9.87. The summed E-state index contributed by atoms with van der Waals surface area (Å²) in [6.07, 6.45) is 1.65. The molecular weight excluding hydrogens is 628 g/mol. The fraction of sp³-hybridized carbons (Fsp3) is 0.344. The first-order valence-electron chi connectivity index (χ1n) is 14.6. The molecule has 1 saturated heterocycles. The summed E-state index contributed by atoms with van der Waals surface area (Å²) in [5.41, 5.74) is -0.136. The minimum absolute atomic E-state index is 0.00124. The zero-order valence-corrected chi connectivity index (χ0v) is 24.9. The Balaban J connectivity index is 1.49. The molecule has 1 aliphatic heterocycles. The Bertz CT molecular complexity index is 1720. The number of alkyl halides is 2. The number of aromatic nitrogens is 1. The van der Waals surface area contributed by atoms with Crippen molar-refractivity contribution in [2.75, 3.05) is 22.9 Å². The lowest BCUT2D eigenvalue weighted by Crippen LogP contribution is -2.64. The Kier molecular flexibility index (Phi) is 8.43. The van der Waals surface area contributed by atoms with Crippen LogP contribution >= 0.6 is 11.6 Å².